The minimum atomic E-state index is 0.107. The van der Waals surface area contributed by atoms with Gasteiger partial charge in [-0.1, -0.05) is 13.8 Å². The smallest absolute Gasteiger partial charge is 0.222 e. The van der Waals surface area contributed by atoms with Crippen LogP contribution in [0.2, 0.25) is 0 Å². The fraction of sp³-hybridized carbons (Fsp3) is 0.700. The average Bonchev–Trinajstić information content (AvgIpc) is 2.75. The van der Waals surface area contributed by atoms with E-state index in [1.807, 2.05) is 13.8 Å². The van der Waals surface area contributed by atoms with Crippen molar-refractivity contribution in [3.8, 4) is 0 Å². The van der Waals surface area contributed by atoms with Gasteiger partial charge in [0.05, 0.1) is 0 Å². The zero-order chi connectivity index (χ0) is 11.1. The van der Waals surface area contributed by atoms with Crippen molar-refractivity contribution in [3.63, 3.8) is 0 Å². The first-order valence-corrected chi connectivity index (χ1v) is 5.36. The second-order valence-electron chi connectivity index (χ2n) is 3.64. The maximum atomic E-state index is 11.4. The quantitative estimate of drug-likeness (QED) is 0.685. The van der Waals surface area contributed by atoms with Crippen LogP contribution in [-0.4, -0.2) is 27.6 Å². The van der Waals surface area contributed by atoms with Gasteiger partial charge in [-0.2, -0.15) is 5.10 Å². The molecular formula is C10H18N4O. The van der Waals surface area contributed by atoms with E-state index in [4.69, 9.17) is 0 Å². The van der Waals surface area contributed by atoms with E-state index in [0.29, 0.717) is 6.54 Å². The molecule has 1 atom stereocenters. The Morgan fingerprint density at radius 1 is 1.67 bits per heavy atom. The van der Waals surface area contributed by atoms with Crippen molar-refractivity contribution in [1.82, 2.24) is 20.5 Å². The molecule has 15 heavy (non-hydrogen) atoms. The first-order chi connectivity index (χ1) is 7.24. The summed E-state index contributed by atoms with van der Waals surface area (Å²) in [5.74, 6) is 1.11. The van der Waals surface area contributed by atoms with E-state index >= 15 is 0 Å². The van der Waals surface area contributed by atoms with Crippen LogP contribution in [-0.2, 0) is 11.2 Å². The van der Waals surface area contributed by atoms with Crippen LogP contribution >= 0.6 is 0 Å². The second-order valence-corrected chi connectivity index (χ2v) is 3.64. The van der Waals surface area contributed by atoms with Gasteiger partial charge in [0, 0.05) is 18.9 Å². The number of amides is 1. The van der Waals surface area contributed by atoms with Crippen molar-refractivity contribution in [1.29, 1.82) is 0 Å². The van der Waals surface area contributed by atoms with Crippen molar-refractivity contribution >= 4 is 5.91 Å². The summed E-state index contributed by atoms with van der Waals surface area (Å²) in [5.41, 5.74) is 0. The molecule has 0 bridgehead atoms. The number of carbonyl (C=O) groups is 1. The molecule has 1 aromatic rings. The van der Waals surface area contributed by atoms with Gasteiger partial charge in [0.2, 0.25) is 5.91 Å². The third-order valence-corrected chi connectivity index (χ3v) is 2.41. The molecule has 0 aromatic carbocycles. The van der Waals surface area contributed by atoms with Crippen molar-refractivity contribution < 1.29 is 4.79 Å². The Kier molecular flexibility index (Phi) is 4.80. The van der Waals surface area contributed by atoms with Gasteiger partial charge < -0.3 is 5.32 Å². The molecule has 84 valence electrons. The van der Waals surface area contributed by atoms with E-state index in [-0.39, 0.29) is 11.8 Å². The topological polar surface area (TPSA) is 70.7 Å². The Balaban J connectivity index is 2.09. The second kappa shape index (κ2) is 6.16. The lowest BCUT2D eigenvalue weighted by molar-refractivity contribution is -0.124. The molecule has 0 radical (unpaired) electrons. The zero-order valence-electron chi connectivity index (χ0n) is 9.29. The van der Waals surface area contributed by atoms with Crippen LogP contribution in [0, 0.1) is 5.92 Å². The number of aryl methyl sites for hydroxylation is 1. The fourth-order valence-electron chi connectivity index (χ4n) is 1.18. The summed E-state index contributed by atoms with van der Waals surface area (Å²) in [6.45, 7) is 4.65. The van der Waals surface area contributed by atoms with Gasteiger partial charge >= 0.3 is 0 Å². The molecule has 0 spiro atoms. The third kappa shape index (κ3) is 4.10. The number of nitrogens with one attached hydrogen (secondary N) is 2. The molecule has 0 saturated carbocycles. The van der Waals surface area contributed by atoms with Gasteiger partial charge in [-0.05, 0) is 12.8 Å². The van der Waals surface area contributed by atoms with E-state index in [1.54, 1.807) is 0 Å². The summed E-state index contributed by atoms with van der Waals surface area (Å²) in [7, 11) is 0. The standard InChI is InChI=1S/C10H18N4O/c1-3-8(2)10(15)11-6-4-5-9-12-7-13-14-9/h7-8H,3-6H2,1-2H3,(H,11,15)(H,12,13,14). The number of hydrogen-bond donors (Lipinski definition) is 2. The lowest BCUT2D eigenvalue weighted by Gasteiger charge is -2.08. The third-order valence-electron chi connectivity index (χ3n) is 2.41. The molecule has 5 nitrogen and oxygen atoms in total. The van der Waals surface area contributed by atoms with Crippen LogP contribution in [0.4, 0.5) is 0 Å². The molecule has 1 rings (SSSR count). The molecule has 2 N–H and O–H groups in total. The Bertz CT molecular complexity index is 284. The summed E-state index contributed by atoms with van der Waals surface area (Å²) in [4.78, 5) is 15.4. The first kappa shape index (κ1) is 11.7. The van der Waals surface area contributed by atoms with Crippen molar-refractivity contribution in [3.05, 3.63) is 12.2 Å². The molecule has 0 aliphatic heterocycles. The molecule has 1 unspecified atom stereocenters. The van der Waals surface area contributed by atoms with E-state index in [9.17, 15) is 4.79 Å². The lowest BCUT2D eigenvalue weighted by Crippen LogP contribution is -2.29. The van der Waals surface area contributed by atoms with Gasteiger partial charge in [-0.25, -0.2) is 4.98 Å². The zero-order valence-corrected chi connectivity index (χ0v) is 9.29. The minimum Gasteiger partial charge on any atom is -0.356 e. The predicted octanol–water partition coefficient (Wildman–Crippen LogP) is 0.900. The number of aromatic nitrogens is 3. The lowest BCUT2D eigenvalue weighted by atomic mass is 10.1. The molecule has 1 amide bonds. The molecule has 1 heterocycles. The molecule has 1 aromatic heterocycles. The van der Waals surface area contributed by atoms with Crippen LogP contribution in [0.25, 0.3) is 0 Å². The minimum absolute atomic E-state index is 0.107. The van der Waals surface area contributed by atoms with E-state index in [0.717, 1.165) is 25.1 Å². The van der Waals surface area contributed by atoms with Gasteiger partial charge in [0.25, 0.3) is 0 Å². The molecule has 0 saturated heterocycles. The van der Waals surface area contributed by atoms with E-state index in [2.05, 4.69) is 20.5 Å². The maximum Gasteiger partial charge on any atom is 0.222 e. The normalized spacial score (nSPS) is 12.4. The number of hydrogen-bond acceptors (Lipinski definition) is 3. The number of aromatic amines is 1. The summed E-state index contributed by atoms with van der Waals surface area (Å²) < 4.78 is 0. The van der Waals surface area contributed by atoms with Crippen molar-refractivity contribution in [2.24, 2.45) is 5.92 Å². The number of carbonyl (C=O) groups excluding carboxylic acids is 1. The fourth-order valence-corrected chi connectivity index (χ4v) is 1.18. The monoisotopic (exact) mass is 210 g/mol. The summed E-state index contributed by atoms with van der Waals surface area (Å²) >= 11 is 0. The van der Waals surface area contributed by atoms with Crippen molar-refractivity contribution in [2.45, 2.75) is 33.1 Å². The Morgan fingerprint density at radius 2 is 2.47 bits per heavy atom. The van der Waals surface area contributed by atoms with Gasteiger partial charge in [0.1, 0.15) is 12.2 Å². The largest absolute Gasteiger partial charge is 0.356 e. The van der Waals surface area contributed by atoms with Gasteiger partial charge in [-0.15, -0.1) is 0 Å². The number of nitrogens with zero attached hydrogens (tertiary/aromatic N) is 2. The summed E-state index contributed by atoms with van der Waals surface area (Å²) in [6, 6.07) is 0. The summed E-state index contributed by atoms with van der Waals surface area (Å²) in [6.07, 6.45) is 4.08. The highest BCUT2D eigenvalue weighted by molar-refractivity contribution is 5.78. The summed E-state index contributed by atoms with van der Waals surface area (Å²) in [5, 5.41) is 9.43. The van der Waals surface area contributed by atoms with Crippen LogP contribution in [0.5, 0.6) is 0 Å². The van der Waals surface area contributed by atoms with Crippen LogP contribution in [0.3, 0.4) is 0 Å². The molecule has 5 heteroatoms. The Morgan fingerprint density at radius 3 is 3.07 bits per heavy atom. The van der Waals surface area contributed by atoms with Crippen LogP contribution in [0.1, 0.15) is 32.5 Å². The van der Waals surface area contributed by atoms with Crippen molar-refractivity contribution in [2.75, 3.05) is 6.54 Å². The van der Waals surface area contributed by atoms with Crippen LogP contribution in [0.15, 0.2) is 6.33 Å². The Hall–Kier alpha value is -1.39. The SMILES string of the molecule is CCC(C)C(=O)NCCCc1ncn[nH]1. The Labute approximate surface area is 89.7 Å². The average molecular weight is 210 g/mol. The number of H-pyrrole nitrogens is 1. The van der Waals surface area contributed by atoms with E-state index in [1.165, 1.54) is 6.33 Å². The van der Waals surface area contributed by atoms with Gasteiger partial charge in [-0.3, -0.25) is 9.89 Å². The number of rotatable bonds is 6. The highest BCUT2D eigenvalue weighted by Gasteiger charge is 2.08. The predicted molar refractivity (Wildman–Crippen MR) is 57.2 cm³/mol. The maximum absolute atomic E-state index is 11.4. The molecule has 0 aliphatic rings. The highest BCUT2D eigenvalue weighted by Crippen LogP contribution is 1.99. The van der Waals surface area contributed by atoms with Crippen LogP contribution < -0.4 is 5.32 Å². The first-order valence-electron chi connectivity index (χ1n) is 5.36. The molecular weight excluding hydrogens is 192 g/mol. The molecule has 0 aliphatic carbocycles. The van der Waals surface area contributed by atoms with Gasteiger partial charge in [0.15, 0.2) is 0 Å². The molecule has 0 fully saturated rings. The highest BCUT2D eigenvalue weighted by atomic mass is 16.1. The van der Waals surface area contributed by atoms with E-state index < -0.39 is 0 Å².